The second-order valence-electron chi connectivity index (χ2n) is 5.45. The third-order valence-electron chi connectivity index (χ3n) is 3.65. The summed E-state index contributed by atoms with van der Waals surface area (Å²) >= 11 is 1.62. The average Bonchev–Trinajstić information content (AvgIpc) is 3.33. The summed E-state index contributed by atoms with van der Waals surface area (Å²) in [5.41, 5.74) is 0.516. The van der Waals surface area contributed by atoms with Crippen molar-refractivity contribution in [3.05, 3.63) is 59.2 Å². The summed E-state index contributed by atoms with van der Waals surface area (Å²) < 4.78 is 16.9. The van der Waals surface area contributed by atoms with Crippen LogP contribution in [0.3, 0.4) is 0 Å². The molecule has 3 aromatic rings. The fourth-order valence-electron chi connectivity index (χ4n) is 2.49. The number of carbonyl (C=O) groups is 1. The van der Waals surface area contributed by atoms with Crippen LogP contribution in [-0.4, -0.2) is 19.1 Å². The van der Waals surface area contributed by atoms with Crippen molar-refractivity contribution in [1.82, 2.24) is 5.32 Å². The Morgan fingerprint density at radius 2 is 1.88 bits per heavy atom. The van der Waals surface area contributed by atoms with Crippen molar-refractivity contribution in [2.45, 2.75) is 20.4 Å². The molecule has 2 heterocycles. The summed E-state index contributed by atoms with van der Waals surface area (Å²) in [6.45, 7) is 5.16. The lowest BCUT2D eigenvalue weighted by atomic mass is 10.2. The van der Waals surface area contributed by atoms with Crippen LogP contribution in [-0.2, 0) is 6.54 Å². The molecule has 0 saturated carbocycles. The topological polar surface area (TPSA) is 60.7 Å². The van der Waals surface area contributed by atoms with Crippen molar-refractivity contribution in [3.8, 4) is 22.1 Å². The summed E-state index contributed by atoms with van der Waals surface area (Å²) in [5.74, 6) is 2.53. The molecule has 5 nitrogen and oxygen atoms in total. The molecule has 26 heavy (non-hydrogen) atoms. The lowest BCUT2D eigenvalue weighted by molar-refractivity contribution is 0.0947. The minimum absolute atomic E-state index is 0.192. The molecule has 0 unspecified atom stereocenters. The maximum atomic E-state index is 12.4. The van der Waals surface area contributed by atoms with Crippen molar-refractivity contribution < 1.29 is 18.7 Å². The standard InChI is InChI=1S/C20H21NO4S/c1-3-23-16-9-7-14(12-18(16)24-4-2)20(22)21-13-15-8-10-17(25-15)19-6-5-11-26-19/h5-12H,3-4,13H2,1-2H3,(H,21,22). The molecule has 1 N–H and O–H groups in total. The van der Waals surface area contributed by atoms with E-state index < -0.39 is 0 Å². The molecule has 0 fully saturated rings. The van der Waals surface area contributed by atoms with Crippen molar-refractivity contribution in [2.24, 2.45) is 0 Å². The molecule has 0 radical (unpaired) electrons. The smallest absolute Gasteiger partial charge is 0.251 e. The van der Waals surface area contributed by atoms with E-state index in [2.05, 4.69) is 5.32 Å². The number of rotatable bonds is 8. The van der Waals surface area contributed by atoms with Gasteiger partial charge in [0, 0.05) is 5.56 Å². The zero-order chi connectivity index (χ0) is 18.4. The number of hydrogen-bond donors (Lipinski definition) is 1. The highest BCUT2D eigenvalue weighted by Crippen LogP contribution is 2.29. The third-order valence-corrected chi connectivity index (χ3v) is 4.54. The number of carbonyl (C=O) groups excluding carboxylic acids is 1. The lowest BCUT2D eigenvalue weighted by Gasteiger charge is -2.12. The molecule has 3 rings (SSSR count). The summed E-state index contributed by atoms with van der Waals surface area (Å²) in [6, 6.07) is 12.9. The molecule has 0 atom stereocenters. The Morgan fingerprint density at radius 1 is 1.08 bits per heavy atom. The normalized spacial score (nSPS) is 10.5. The predicted molar refractivity (Wildman–Crippen MR) is 102 cm³/mol. The molecule has 6 heteroatoms. The van der Waals surface area contributed by atoms with Crippen molar-refractivity contribution in [3.63, 3.8) is 0 Å². The van der Waals surface area contributed by atoms with Gasteiger partial charge in [-0.05, 0) is 55.6 Å². The van der Waals surface area contributed by atoms with E-state index in [1.54, 1.807) is 29.5 Å². The number of furan rings is 1. The Kier molecular flexibility index (Phi) is 5.96. The Bertz CT molecular complexity index is 855. The fourth-order valence-corrected chi connectivity index (χ4v) is 3.17. The first-order chi connectivity index (χ1) is 12.7. The molecule has 1 amide bonds. The van der Waals surface area contributed by atoms with E-state index in [4.69, 9.17) is 13.9 Å². The molecule has 0 bridgehead atoms. The highest BCUT2D eigenvalue weighted by atomic mass is 32.1. The zero-order valence-corrected chi connectivity index (χ0v) is 15.6. The number of benzene rings is 1. The second-order valence-corrected chi connectivity index (χ2v) is 6.40. The maximum Gasteiger partial charge on any atom is 0.251 e. The fraction of sp³-hybridized carbons (Fsp3) is 0.250. The Labute approximate surface area is 156 Å². The van der Waals surface area contributed by atoms with Crippen molar-refractivity contribution in [2.75, 3.05) is 13.2 Å². The summed E-state index contributed by atoms with van der Waals surface area (Å²) in [4.78, 5) is 13.5. The van der Waals surface area contributed by atoms with E-state index in [0.717, 1.165) is 10.6 Å². The zero-order valence-electron chi connectivity index (χ0n) is 14.8. The quantitative estimate of drug-likeness (QED) is 0.621. The lowest BCUT2D eigenvalue weighted by Crippen LogP contribution is -2.22. The van der Waals surface area contributed by atoms with Crippen molar-refractivity contribution in [1.29, 1.82) is 0 Å². The van der Waals surface area contributed by atoms with E-state index in [9.17, 15) is 4.79 Å². The first kappa shape index (κ1) is 18.1. The molecule has 0 aliphatic carbocycles. The van der Waals surface area contributed by atoms with Crippen molar-refractivity contribution >= 4 is 17.2 Å². The van der Waals surface area contributed by atoms with Gasteiger partial charge in [-0.15, -0.1) is 11.3 Å². The van der Waals surface area contributed by atoms with E-state index in [1.165, 1.54) is 0 Å². The largest absolute Gasteiger partial charge is 0.490 e. The minimum Gasteiger partial charge on any atom is -0.490 e. The Morgan fingerprint density at radius 3 is 2.62 bits per heavy atom. The van der Waals surface area contributed by atoms with Gasteiger partial charge in [-0.3, -0.25) is 4.79 Å². The summed E-state index contributed by atoms with van der Waals surface area (Å²) in [7, 11) is 0. The van der Waals surface area contributed by atoms with Crippen LogP contribution in [0.2, 0.25) is 0 Å². The van der Waals surface area contributed by atoms with Crippen LogP contribution in [0.15, 0.2) is 52.3 Å². The highest BCUT2D eigenvalue weighted by molar-refractivity contribution is 7.13. The monoisotopic (exact) mass is 371 g/mol. The van der Waals surface area contributed by atoms with Gasteiger partial charge < -0.3 is 19.2 Å². The van der Waals surface area contributed by atoms with E-state index in [-0.39, 0.29) is 5.91 Å². The summed E-state index contributed by atoms with van der Waals surface area (Å²) in [5, 5.41) is 4.87. The number of hydrogen-bond acceptors (Lipinski definition) is 5. The maximum absolute atomic E-state index is 12.4. The molecule has 2 aromatic heterocycles. The van der Waals surface area contributed by atoms with Gasteiger partial charge in [-0.1, -0.05) is 6.07 Å². The predicted octanol–water partition coefficient (Wildman–Crippen LogP) is 4.74. The van der Waals surface area contributed by atoms with E-state index in [1.807, 2.05) is 43.5 Å². The van der Waals surface area contributed by atoms with Gasteiger partial charge in [0.2, 0.25) is 0 Å². The molecular weight excluding hydrogens is 350 g/mol. The van der Waals surface area contributed by atoms with Gasteiger partial charge in [-0.25, -0.2) is 0 Å². The first-order valence-corrected chi connectivity index (χ1v) is 9.39. The van der Waals surface area contributed by atoms with E-state index in [0.29, 0.717) is 42.6 Å². The van der Waals surface area contributed by atoms with Crippen LogP contribution in [0, 0.1) is 0 Å². The number of amides is 1. The molecule has 136 valence electrons. The molecule has 0 aliphatic heterocycles. The molecule has 0 aliphatic rings. The van der Waals surface area contributed by atoms with Crippen LogP contribution < -0.4 is 14.8 Å². The Balaban J connectivity index is 1.65. The Hall–Kier alpha value is -2.73. The minimum atomic E-state index is -0.192. The van der Waals surface area contributed by atoms with Crippen LogP contribution >= 0.6 is 11.3 Å². The van der Waals surface area contributed by atoms with Gasteiger partial charge in [-0.2, -0.15) is 0 Å². The first-order valence-electron chi connectivity index (χ1n) is 8.51. The van der Waals surface area contributed by atoms with Gasteiger partial charge in [0.1, 0.15) is 11.5 Å². The van der Waals surface area contributed by atoms with Gasteiger partial charge in [0.15, 0.2) is 11.5 Å². The molecule has 0 saturated heterocycles. The van der Waals surface area contributed by atoms with Crippen LogP contribution in [0.25, 0.3) is 10.6 Å². The van der Waals surface area contributed by atoms with Gasteiger partial charge >= 0.3 is 0 Å². The molecule has 0 spiro atoms. The number of ether oxygens (including phenoxy) is 2. The second kappa shape index (κ2) is 8.58. The average molecular weight is 371 g/mol. The van der Waals surface area contributed by atoms with Crippen LogP contribution in [0.4, 0.5) is 0 Å². The molecular formula is C20H21NO4S. The SMILES string of the molecule is CCOc1ccc(C(=O)NCc2ccc(-c3cccs3)o2)cc1OCC. The molecule has 1 aromatic carbocycles. The number of nitrogens with one attached hydrogen (secondary N) is 1. The van der Waals surface area contributed by atoms with Gasteiger partial charge in [0.05, 0.1) is 24.6 Å². The van der Waals surface area contributed by atoms with Gasteiger partial charge in [0.25, 0.3) is 5.91 Å². The van der Waals surface area contributed by atoms with E-state index >= 15 is 0 Å². The third kappa shape index (κ3) is 4.26. The summed E-state index contributed by atoms with van der Waals surface area (Å²) in [6.07, 6.45) is 0. The highest BCUT2D eigenvalue weighted by Gasteiger charge is 2.12. The van der Waals surface area contributed by atoms with Crippen LogP contribution in [0.5, 0.6) is 11.5 Å². The number of thiophene rings is 1. The van der Waals surface area contributed by atoms with Crippen LogP contribution in [0.1, 0.15) is 30.0 Å².